The van der Waals surface area contributed by atoms with E-state index in [9.17, 15) is 14.7 Å². The van der Waals surface area contributed by atoms with Crippen LogP contribution in [0.3, 0.4) is 0 Å². The second-order valence-electron chi connectivity index (χ2n) is 10.8. The van der Waals surface area contributed by atoms with Crippen molar-refractivity contribution in [3.8, 4) is 11.1 Å². The molecule has 0 radical (unpaired) electrons. The third kappa shape index (κ3) is 8.64. The summed E-state index contributed by atoms with van der Waals surface area (Å²) in [6, 6.07) is 17.7. The van der Waals surface area contributed by atoms with Gasteiger partial charge in [0.25, 0.3) is 0 Å². The van der Waals surface area contributed by atoms with Crippen molar-refractivity contribution in [2.75, 3.05) is 13.2 Å². The van der Waals surface area contributed by atoms with Crippen molar-refractivity contribution in [2.45, 2.75) is 77.7 Å². The minimum absolute atomic E-state index is 0.00750. The van der Waals surface area contributed by atoms with Gasteiger partial charge in [0.2, 0.25) is 0 Å². The van der Waals surface area contributed by atoms with Crippen molar-refractivity contribution in [1.82, 2.24) is 5.32 Å². The summed E-state index contributed by atoms with van der Waals surface area (Å²) >= 11 is 0. The van der Waals surface area contributed by atoms with Crippen LogP contribution < -0.4 is 5.32 Å². The maximum atomic E-state index is 12.6. The Morgan fingerprint density at radius 1 is 1.03 bits per heavy atom. The summed E-state index contributed by atoms with van der Waals surface area (Å²) in [5.74, 6) is -0.978. The quantitative estimate of drug-likeness (QED) is 0.430. The third-order valence-corrected chi connectivity index (χ3v) is 6.20. The van der Waals surface area contributed by atoms with E-state index in [0.717, 1.165) is 36.0 Å². The molecule has 7 heteroatoms. The topological polar surface area (TPSA) is 94.1 Å². The number of carboxylic acids is 1. The molecule has 1 amide bonds. The van der Waals surface area contributed by atoms with Crippen LogP contribution in [0.5, 0.6) is 0 Å². The van der Waals surface area contributed by atoms with E-state index in [4.69, 9.17) is 14.2 Å². The smallest absolute Gasteiger partial charge is 0.407 e. The molecule has 1 heterocycles. The van der Waals surface area contributed by atoms with E-state index in [2.05, 4.69) is 17.4 Å². The fourth-order valence-corrected chi connectivity index (χ4v) is 4.27. The second kappa shape index (κ2) is 12.4. The van der Waals surface area contributed by atoms with Crippen LogP contribution in [0.15, 0.2) is 54.6 Å². The summed E-state index contributed by atoms with van der Waals surface area (Å²) in [5, 5.41) is 13.0. The molecule has 36 heavy (non-hydrogen) atoms. The number of carbonyl (C=O) groups is 2. The highest BCUT2D eigenvalue weighted by atomic mass is 16.7. The summed E-state index contributed by atoms with van der Waals surface area (Å²) in [5.41, 5.74) is 1.31. The lowest BCUT2D eigenvalue weighted by molar-refractivity contribution is -0.187. The third-order valence-electron chi connectivity index (χ3n) is 6.20. The van der Waals surface area contributed by atoms with Crippen LogP contribution in [-0.4, -0.2) is 48.3 Å². The number of benzene rings is 2. The van der Waals surface area contributed by atoms with Crippen molar-refractivity contribution >= 4 is 12.1 Å². The fourth-order valence-electron chi connectivity index (χ4n) is 4.27. The van der Waals surface area contributed by atoms with E-state index < -0.39 is 29.1 Å². The first-order valence-electron chi connectivity index (χ1n) is 12.6. The van der Waals surface area contributed by atoms with Crippen LogP contribution in [0.2, 0.25) is 0 Å². The highest BCUT2D eigenvalue weighted by Crippen LogP contribution is 2.29. The predicted molar refractivity (Wildman–Crippen MR) is 139 cm³/mol. The lowest BCUT2D eigenvalue weighted by atomic mass is 9.82. The van der Waals surface area contributed by atoms with E-state index >= 15 is 0 Å². The molecular formula is C29H39NO6. The van der Waals surface area contributed by atoms with Crippen LogP contribution in [0.1, 0.15) is 58.9 Å². The number of aliphatic carboxylic acids is 1. The number of carbonyl (C=O) groups excluding carboxylic acids is 1. The Balaban J connectivity index is 1.74. The number of alkyl carbamates (subject to hydrolysis) is 1. The van der Waals surface area contributed by atoms with E-state index in [0.29, 0.717) is 13.0 Å². The lowest BCUT2D eigenvalue weighted by Crippen LogP contribution is -2.46. The minimum atomic E-state index is -1.22. The van der Waals surface area contributed by atoms with E-state index in [1.807, 2.05) is 42.5 Å². The number of hydrogen-bond donors (Lipinski definition) is 2. The number of carboxylic acid groups (broad SMARTS) is 1. The van der Waals surface area contributed by atoms with Gasteiger partial charge in [-0.25, -0.2) is 4.79 Å². The van der Waals surface area contributed by atoms with Crippen molar-refractivity contribution in [3.05, 3.63) is 60.2 Å². The van der Waals surface area contributed by atoms with Crippen molar-refractivity contribution in [3.63, 3.8) is 0 Å². The zero-order chi connectivity index (χ0) is 26.2. The van der Waals surface area contributed by atoms with Gasteiger partial charge in [0, 0.05) is 12.6 Å². The van der Waals surface area contributed by atoms with Gasteiger partial charge in [-0.3, -0.25) is 4.79 Å². The van der Waals surface area contributed by atoms with Gasteiger partial charge >= 0.3 is 12.1 Å². The maximum Gasteiger partial charge on any atom is 0.407 e. The SMILES string of the molecule is CC(C)(C)OC(=O)N[C@H](Cc1ccc(-c2ccccc2)cc1)C[C@@](C)(COC1CCCCO1)C(=O)O. The lowest BCUT2D eigenvalue weighted by Gasteiger charge is -2.32. The van der Waals surface area contributed by atoms with Gasteiger partial charge in [-0.05, 0) is 76.5 Å². The number of amides is 1. The zero-order valence-corrected chi connectivity index (χ0v) is 21.8. The molecule has 2 aromatic rings. The molecule has 3 atom stereocenters. The van der Waals surface area contributed by atoms with Crippen LogP contribution >= 0.6 is 0 Å². The standard InChI is InChI=1S/C29H39NO6/c1-28(2,3)36-27(33)30-24(18-21-13-15-23(16-14-21)22-10-6-5-7-11-22)19-29(4,26(31)32)20-35-25-12-8-9-17-34-25/h5-7,10-11,13-16,24-25H,8-9,12,17-20H2,1-4H3,(H,30,33)(H,31,32)/t24-,25?,29+/m1/s1. The number of hydrogen-bond acceptors (Lipinski definition) is 5. The predicted octanol–water partition coefficient (Wildman–Crippen LogP) is 5.81. The number of ether oxygens (including phenoxy) is 3. The van der Waals surface area contributed by atoms with Crippen LogP contribution in [0.4, 0.5) is 4.79 Å². The summed E-state index contributed by atoms with van der Waals surface area (Å²) in [7, 11) is 0. The van der Waals surface area contributed by atoms with Gasteiger partial charge in [-0.15, -0.1) is 0 Å². The van der Waals surface area contributed by atoms with Crippen LogP contribution in [-0.2, 0) is 25.4 Å². The van der Waals surface area contributed by atoms with E-state index in [-0.39, 0.29) is 19.3 Å². The van der Waals surface area contributed by atoms with Gasteiger partial charge in [0.1, 0.15) is 5.60 Å². The highest BCUT2D eigenvalue weighted by molar-refractivity contribution is 5.75. The Labute approximate surface area is 214 Å². The van der Waals surface area contributed by atoms with Gasteiger partial charge < -0.3 is 24.6 Å². The molecule has 7 nitrogen and oxygen atoms in total. The number of nitrogens with one attached hydrogen (secondary N) is 1. The van der Waals surface area contributed by atoms with Crippen molar-refractivity contribution < 1.29 is 28.9 Å². The average Bonchev–Trinajstić information content (AvgIpc) is 2.83. The Hall–Kier alpha value is -2.90. The Morgan fingerprint density at radius 3 is 2.28 bits per heavy atom. The molecule has 1 aliphatic heterocycles. The Bertz CT molecular complexity index is 979. The van der Waals surface area contributed by atoms with Crippen molar-refractivity contribution in [2.24, 2.45) is 5.41 Å². The largest absolute Gasteiger partial charge is 0.481 e. The average molecular weight is 498 g/mol. The molecular weight excluding hydrogens is 458 g/mol. The Morgan fingerprint density at radius 2 is 1.69 bits per heavy atom. The van der Waals surface area contributed by atoms with Gasteiger partial charge in [-0.2, -0.15) is 0 Å². The van der Waals surface area contributed by atoms with Gasteiger partial charge in [-0.1, -0.05) is 54.6 Å². The zero-order valence-electron chi connectivity index (χ0n) is 21.8. The van der Waals surface area contributed by atoms with Crippen LogP contribution in [0.25, 0.3) is 11.1 Å². The molecule has 196 valence electrons. The molecule has 0 spiro atoms. The van der Waals surface area contributed by atoms with E-state index in [1.165, 1.54) is 0 Å². The van der Waals surface area contributed by atoms with E-state index in [1.54, 1.807) is 27.7 Å². The minimum Gasteiger partial charge on any atom is -0.481 e. The molecule has 0 bridgehead atoms. The molecule has 1 unspecified atom stereocenters. The summed E-state index contributed by atoms with van der Waals surface area (Å²) < 4.78 is 16.9. The van der Waals surface area contributed by atoms with Gasteiger partial charge in [0.05, 0.1) is 12.0 Å². The molecule has 3 rings (SSSR count). The normalized spacial score (nSPS) is 18.6. The summed E-state index contributed by atoms with van der Waals surface area (Å²) in [6.45, 7) is 7.65. The van der Waals surface area contributed by atoms with Crippen molar-refractivity contribution in [1.29, 1.82) is 0 Å². The molecule has 1 fully saturated rings. The Kier molecular flexibility index (Phi) is 9.51. The fraction of sp³-hybridized carbons (Fsp3) is 0.517. The first-order chi connectivity index (χ1) is 17.0. The molecule has 0 saturated carbocycles. The first-order valence-corrected chi connectivity index (χ1v) is 12.6. The molecule has 2 N–H and O–H groups in total. The van der Waals surface area contributed by atoms with Crippen LogP contribution in [0, 0.1) is 5.41 Å². The maximum absolute atomic E-state index is 12.6. The summed E-state index contributed by atoms with van der Waals surface area (Å²) in [6.07, 6.45) is 2.41. The second-order valence-corrected chi connectivity index (χ2v) is 10.8. The molecule has 2 aromatic carbocycles. The molecule has 1 saturated heterocycles. The molecule has 0 aromatic heterocycles. The van der Waals surface area contributed by atoms with Gasteiger partial charge in [0.15, 0.2) is 6.29 Å². The molecule has 1 aliphatic rings. The summed E-state index contributed by atoms with van der Waals surface area (Å²) in [4.78, 5) is 25.0. The number of rotatable bonds is 10. The highest BCUT2D eigenvalue weighted by Gasteiger charge is 2.38. The molecule has 0 aliphatic carbocycles. The first kappa shape index (κ1) is 27.7. The monoisotopic (exact) mass is 497 g/mol.